The first-order chi connectivity index (χ1) is 14.2. The molecule has 9 heteroatoms. The van der Waals surface area contributed by atoms with E-state index in [1.807, 2.05) is 12.1 Å². The van der Waals surface area contributed by atoms with E-state index in [9.17, 15) is 9.59 Å². The lowest BCUT2D eigenvalue weighted by Crippen LogP contribution is -2.35. The second-order valence-electron chi connectivity index (χ2n) is 6.93. The summed E-state index contributed by atoms with van der Waals surface area (Å²) in [6.07, 6.45) is 7.46. The Balaban J connectivity index is 1.46. The van der Waals surface area contributed by atoms with Crippen LogP contribution in [0.25, 0.3) is 11.4 Å². The quantitative estimate of drug-likeness (QED) is 0.665. The number of nitrogens with zero attached hydrogens (tertiary/aromatic N) is 5. The molecule has 3 aromatic rings. The SMILES string of the molecule is O=C(Cn1nnc(-c2ccccc2NC(=O)c2ccncc2)n1)NC1CCCC1. The molecule has 0 atom stereocenters. The van der Waals surface area contributed by atoms with Gasteiger partial charge in [0.1, 0.15) is 6.54 Å². The van der Waals surface area contributed by atoms with Crippen LogP contribution in [0, 0.1) is 0 Å². The van der Waals surface area contributed by atoms with Crippen molar-refractivity contribution in [1.29, 1.82) is 0 Å². The molecule has 2 heterocycles. The van der Waals surface area contributed by atoms with Gasteiger partial charge in [0.15, 0.2) is 0 Å². The fourth-order valence-electron chi connectivity index (χ4n) is 3.37. The molecule has 1 aliphatic rings. The molecule has 29 heavy (non-hydrogen) atoms. The van der Waals surface area contributed by atoms with Crippen molar-refractivity contribution in [3.63, 3.8) is 0 Å². The summed E-state index contributed by atoms with van der Waals surface area (Å²) in [5.74, 6) is -0.0485. The highest BCUT2D eigenvalue weighted by Gasteiger charge is 2.19. The van der Waals surface area contributed by atoms with Crippen molar-refractivity contribution in [3.05, 3.63) is 54.4 Å². The summed E-state index contributed by atoms with van der Waals surface area (Å²) in [7, 11) is 0. The number of amides is 2. The highest BCUT2D eigenvalue weighted by Crippen LogP contribution is 2.25. The number of para-hydroxylation sites is 1. The molecule has 0 spiro atoms. The monoisotopic (exact) mass is 391 g/mol. The van der Waals surface area contributed by atoms with Crippen molar-refractivity contribution in [2.45, 2.75) is 38.3 Å². The van der Waals surface area contributed by atoms with Crippen molar-refractivity contribution in [3.8, 4) is 11.4 Å². The van der Waals surface area contributed by atoms with Crippen molar-refractivity contribution in [2.24, 2.45) is 0 Å². The lowest BCUT2D eigenvalue weighted by molar-refractivity contribution is -0.122. The fraction of sp³-hybridized carbons (Fsp3) is 0.300. The summed E-state index contributed by atoms with van der Waals surface area (Å²) >= 11 is 0. The molecule has 2 N–H and O–H groups in total. The van der Waals surface area contributed by atoms with E-state index in [4.69, 9.17) is 0 Å². The van der Waals surface area contributed by atoms with E-state index in [0.717, 1.165) is 25.7 Å². The van der Waals surface area contributed by atoms with Gasteiger partial charge < -0.3 is 10.6 Å². The van der Waals surface area contributed by atoms with Crippen LogP contribution in [0.5, 0.6) is 0 Å². The number of benzene rings is 1. The zero-order valence-electron chi connectivity index (χ0n) is 15.8. The van der Waals surface area contributed by atoms with Gasteiger partial charge in [0.25, 0.3) is 5.91 Å². The van der Waals surface area contributed by atoms with Gasteiger partial charge in [-0.15, -0.1) is 10.2 Å². The topological polar surface area (TPSA) is 115 Å². The Morgan fingerprint density at radius 3 is 2.62 bits per heavy atom. The molecular formula is C20H21N7O2. The highest BCUT2D eigenvalue weighted by molar-refractivity contribution is 6.05. The summed E-state index contributed by atoms with van der Waals surface area (Å²) in [4.78, 5) is 29.8. The van der Waals surface area contributed by atoms with Crippen LogP contribution < -0.4 is 10.6 Å². The second-order valence-corrected chi connectivity index (χ2v) is 6.93. The average molecular weight is 391 g/mol. The van der Waals surface area contributed by atoms with Crippen LogP contribution in [-0.4, -0.2) is 43.0 Å². The third-order valence-electron chi connectivity index (χ3n) is 4.82. The number of rotatable bonds is 6. The maximum absolute atomic E-state index is 12.5. The Labute approximate surface area is 167 Å². The molecule has 0 aliphatic heterocycles. The third-order valence-corrected chi connectivity index (χ3v) is 4.82. The van der Waals surface area contributed by atoms with Crippen molar-refractivity contribution < 1.29 is 9.59 Å². The standard InChI is InChI=1S/C20H21N7O2/c28-18(22-15-5-1-2-6-15)13-27-25-19(24-26-27)16-7-3-4-8-17(16)23-20(29)14-9-11-21-12-10-14/h3-4,7-12,15H,1-2,5-6,13H2,(H,22,28)(H,23,29). The number of anilines is 1. The van der Waals surface area contributed by atoms with E-state index in [2.05, 4.69) is 31.0 Å². The van der Waals surface area contributed by atoms with Crippen LogP contribution in [0.1, 0.15) is 36.0 Å². The molecular weight excluding hydrogens is 370 g/mol. The number of aromatic nitrogens is 5. The van der Waals surface area contributed by atoms with E-state index >= 15 is 0 Å². The van der Waals surface area contributed by atoms with Gasteiger partial charge in [0.05, 0.1) is 5.69 Å². The molecule has 4 rings (SSSR count). The van der Waals surface area contributed by atoms with Gasteiger partial charge in [-0.2, -0.15) is 4.80 Å². The van der Waals surface area contributed by atoms with Gasteiger partial charge in [-0.25, -0.2) is 0 Å². The van der Waals surface area contributed by atoms with E-state index in [-0.39, 0.29) is 24.4 Å². The Hall–Kier alpha value is -3.62. The molecule has 9 nitrogen and oxygen atoms in total. The maximum Gasteiger partial charge on any atom is 0.255 e. The predicted octanol–water partition coefficient (Wildman–Crippen LogP) is 2.05. The molecule has 2 aromatic heterocycles. The van der Waals surface area contributed by atoms with E-state index in [0.29, 0.717) is 22.6 Å². The van der Waals surface area contributed by atoms with Gasteiger partial charge >= 0.3 is 0 Å². The number of nitrogens with one attached hydrogen (secondary N) is 2. The van der Waals surface area contributed by atoms with Gasteiger partial charge in [-0.1, -0.05) is 25.0 Å². The minimum absolute atomic E-state index is 0.00897. The largest absolute Gasteiger partial charge is 0.352 e. The van der Waals surface area contributed by atoms with E-state index in [1.54, 1.807) is 36.7 Å². The van der Waals surface area contributed by atoms with Crippen LogP contribution in [-0.2, 0) is 11.3 Å². The van der Waals surface area contributed by atoms with E-state index in [1.165, 1.54) is 4.80 Å². The normalized spacial score (nSPS) is 13.9. The van der Waals surface area contributed by atoms with Crippen LogP contribution in [0.4, 0.5) is 5.69 Å². The first-order valence-corrected chi connectivity index (χ1v) is 9.57. The van der Waals surface area contributed by atoms with Gasteiger partial charge in [-0.05, 0) is 42.3 Å². The molecule has 0 bridgehead atoms. The minimum atomic E-state index is -0.261. The zero-order chi connectivity index (χ0) is 20.1. The Kier molecular flexibility index (Phi) is 5.55. The number of carbonyl (C=O) groups is 2. The van der Waals surface area contributed by atoms with Gasteiger partial charge in [0.2, 0.25) is 11.7 Å². The number of carbonyl (C=O) groups excluding carboxylic acids is 2. The lowest BCUT2D eigenvalue weighted by atomic mass is 10.1. The molecule has 1 aliphatic carbocycles. The summed E-state index contributed by atoms with van der Waals surface area (Å²) in [6.45, 7) is 0.00897. The first-order valence-electron chi connectivity index (χ1n) is 9.57. The molecule has 0 saturated heterocycles. The fourth-order valence-corrected chi connectivity index (χ4v) is 3.37. The molecule has 1 aromatic carbocycles. The number of tetrazole rings is 1. The third kappa shape index (κ3) is 4.63. The van der Waals surface area contributed by atoms with Crippen molar-refractivity contribution >= 4 is 17.5 Å². The predicted molar refractivity (Wildman–Crippen MR) is 106 cm³/mol. The Morgan fingerprint density at radius 1 is 1.07 bits per heavy atom. The summed E-state index contributed by atoms with van der Waals surface area (Å²) in [6, 6.07) is 10.7. The number of hydrogen-bond acceptors (Lipinski definition) is 6. The molecule has 1 fully saturated rings. The van der Waals surface area contributed by atoms with Crippen LogP contribution >= 0.6 is 0 Å². The molecule has 148 valence electrons. The molecule has 0 radical (unpaired) electrons. The maximum atomic E-state index is 12.5. The first kappa shape index (κ1) is 18.7. The molecule has 0 unspecified atom stereocenters. The smallest absolute Gasteiger partial charge is 0.255 e. The second kappa shape index (κ2) is 8.59. The van der Waals surface area contributed by atoms with Gasteiger partial charge in [-0.3, -0.25) is 14.6 Å². The van der Waals surface area contributed by atoms with Crippen molar-refractivity contribution in [2.75, 3.05) is 5.32 Å². The van der Waals surface area contributed by atoms with Crippen LogP contribution in [0.15, 0.2) is 48.8 Å². The zero-order valence-corrected chi connectivity index (χ0v) is 15.8. The van der Waals surface area contributed by atoms with Crippen LogP contribution in [0.3, 0.4) is 0 Å². The molecule has 1 saturated carbocycles. The minimum Gasteiger partial charge on any atom is -0.352 e. The lowest BCUT2D eigenvalue weighted by Gasteiger charge is -2.10. The number of pyridine rings is 1. The summed E-state index contributed by atoms with van der Waals surface area (Å²) in [5.41, 5.74) is 1.68. The summed E-state index contributed by atoms with van der Waals surface area (Å²) < 4.78 is 0. The van der Waals surface area contributed by atoms with E-state index < -0.39 is 0 Å². The highest BCUT2D eigenvalue weighted by atomic mass is 16.2. The average Bonchev–Trinajstić information content (AvgIpc) is 3.41. The number of hydrogen-bond donors (Lipinski definition) is 2. The summed E-state index contributed by atoms with van der Waals surface area (Å²) in [5, 5.41) is 18.2. The van der Waals surface area contributed by atoms with Crippen LogP contribution in [0.2, 0.25) is 0 Å². The van der Waals surface area contributed by atoms with Crippen molar-refractivity contribution in [1.82, 2.24) is 30.5 Å². The molecule has 2 amide bonds. The Morgan fingerprint density at radius 2 is 1.83 bits per heavy atom. The Bertz CT molecular complexity index is 997. The van der Waals surface area contributed by atoms with Gasteiger partial charge in [0, 0.05) is 29.6 Å².